The molecule has 0 fully saturated rings. The molecule has 0 aliphatic heterocycles. The van der Waals surface area contributed by atoms with Crippen molar-refractivity contribution in [3.05, 3.63) is 28.8 Å². The number of methoxy groups -OCH3 is 1. The molecule has 1 N–H and O–H groups in total. The van der Waals surface area contributed by atoms with Gasteiger partial charge in [0.15, 0.2) is 0 Å². The van der Waals surface area contributed by atoms with E-state index in [0.29, 0.717) is 16.3 Å². The Kier molecular flexibility index (Phi) is 2.94. The van der Waals surface area contributed by atoms with Crippen molar-refractivity contribution in [2.45, 2.75) is 0 Å². The van der Waals surface area contributed by atoms with Crippen molar-refractivity contribution in [2.75, 3.05) is 7.11 Å². The van der Waals surface area contributed by atoms with Crippen LogP contribution in [-0.2, 0) is 0 Å². The smallest absolute Gasteiger partial charge is 0.127 e. The van der Waals surface area contributed by atoms with Crippen LogP contribution in [0.15, 0.2) is 23.4 Å². The van der Waals surface area contributed by atoms with Crippen molar-refractivity contribution >= 4 is 17.8 Å². The van der Waals surface area contributed by atoms with Crippen LogP contribution < -0.4 is 4.74 Å². The topological polar surface area (TPSA) is 41.8 Å². The number of halogens is 1. The average Bonchev–Trinajstić information content (AvgIpc) is 2.05. The first kappa shape index (κ1) is 8.87. The lowest BCUT2D eigenvalue weighted by atomic mass is 10.2. The van der Waals surface area contributed by atoms with E-state index in [1.807, 2.05) is 0 Å². The number of hydrogen-bond donors (Lipinski definition) is 1. The standard InChI is InChI=1S/C8H8ClNO2/c1-12-8-3-2-7(9)4-6(8)5-10-11/h2-5,11H,1H3/b10-5+. The van der Waals surface area contributed by atoms with Crippen LogP contribution >= 0.6 is 11.6 Å². The van der Waals surface area contributed by atoms with Crippen LogP contribution in [0.5, 0.6) is 5.75 Å². The molecule has 0 heterocycles. The predicted octanol–water partition coefficient (Wildman–Crippen LogP) is 2.16. The molecule has 1 rings (SSSR count). The van der Waals surface area contributed by atoms with Crippen molar-refractivity contribution < 1.29 is 9.94 Å². The summed E-state index contributed by atoms with van der Waals surface area (Å²) in [6, 6.07) is 5.06. The molecule has 0 radical (unpaired) electrons. The third-order valence-corrected chi connectivity index (χ3v) is 1.62. The van der Waals surface area contributed by atoms with Gasteiger partial charge in [0.2, 0.25) is 0 Å². The van der Waals surface area contributed by atoms with Crippen molar-refractivity contribution in [2.24, 2.45) is 5.16 Å². The quantitative estimate of drug-likeness (QED) is 0.436. The maximum atomic E-state index is 8.30. The van der Waals surface area contributed by atoms with E-state index >= 15 is 0 Å². The molecule has 0 saturated heterocycles. The highest BCUT2D eigenvalue weighted by Crippen LogP contribution is 2.20. The molecule has 3 nitrogen and oxygen atoms in total. The van der Waals surface area contributed by atoms with Gasteiger partial charge in [-0.15, -0.1) is 0 Å². The molecule has 0 atom stereocenters. The Morgan fingerprint density at radius 3 is 2.92 bits per heavy atom. The first-order valence-electron chi connectivity index (χ1n) is 3.29. The molecular formula is C8H8ClNO2. The predicted molar refractivity (Wildman–Crippen MR) is 47.4 cm³/mol. The van der Waals surface area contributed by atoms with Gasteiger partial charge in [-0.05, 0) is 18.2 Å². The van der Waals surface area contributed by atoms with Crippen molar-refractivity contribution in [3.63, 3.8) is 0 Å². The Morgan fingerprint density at radius 1 is 1.58 bits per heavy atom. The molecule has 0 bridgehead atoms. The summed E-state index contributed by atoms with van der Waals surface area (Å²) in [5, 5.41) is 11.8. The summed E-state index contributed by atoms with van der Waals surface area (Å²) in [4.78, 5) is 0. The minimum Gasteiger partial charge on any atom is -0.496 e. The van der Waals surface area contributed by atoms with Crippen molar-refractivity contribution in [1.29, 1.82) is 0 Å². The first-order chi connectivity index (χ1) is 5.77. The lowest BCUT2D eigenvalue weighted by molar-refractivity contribution is 0.321. The summed E-state index contributed by atoms with van der Waals surface area (Å²) in [6.07, 6.45) is 1.27. The van der Waals surface area contributed by atoms with Gasteiger partial charge < -0.3 is 9.94 Å². The maximum absolute atomic E-state index is 8.30. The van der Waals surface area contributed by atoms with Crippen LogP contribution in [0.4, 0.5) is 0 Å². The molecule has 12 heavy (non-hydrogen) atoms. The molecule has 0 unspecified atom stereocenters. The highest BCUT2D eigenvalue weighted by atomic mass is 35.5. The minimum absolute atomic E-state index is 0.575. The first-order valence-corrected chi connectivity index (χ1v) is 3.66. The number of nitrogens with zero attached hydrogens (tertiary/aromatic N) is 1. The second-order valence-electron chi connectivity index (χ2n) is 2.13. The van der Waals surface area contributed by atoms with Gasteiger partial charge in [-0.25, -0.2) is 0 Å². The van der Waals surface area contributed by atoms with E-state index < -0.39 is 0 Å². The minimum atomic E-state index is 0.575. The number of benzene rings is 1. The lowest BCUT2D eigenvalue weighted by Crippen LogP contribution is -1.90. The van der Waals surface area contributed by atoms with Crippen molar-refractivity contribution in [1.82, 2.24) is 0 Å². The average molecular weight is 186 g/mol. The van der Waals surface area contributed by atoms with E-state index in [-0.39, 0.29) is 0 Å². The molecule has 0 amide bonds. The van der Waals surface area contributed by atoms with Crippen LogP contribution in [0.25, 0.3) is 0 Å². The van der Waals surface area contributed by atoms with E-state index in [2.05, 4.69) is 5.16 Å². The molecule has 0 aromatic heterocycles. The molecule has 1 aromatic rings. The molecule has 4 heteroatoms. The molecule has 0 spiro atoms. The molecule has 64 valence electrons. The van der Waals surface area contributed by atoms with Crippen LogP contribution in [0.2, 0.25) is 5.02 Å². The Hall–Kier alpha value is -1.22. The molecular weight excluding hydrogens is 178 g/mol. The summed E-state index contributed by atoms with van der Waals surface area (Å²) in [6.45, 7) is 0. The van der Waals surface area contributed by atoms with Crippen LogP contribution in [-0.4, -0.2) is 18.5 Å². The normalized spacial score (nSPS) is 10.5. The van der Waals surface area contributed by atoms with Crippen LogP contribution in [0.1, 0.15) is 5.56 Å². The van der Waals surface area contributed by atoms with Gasteiger partial charge >= 0.3 is 0 Å². The zero-order valence-corrected chi connectivity index (χ0v) is 7.25. The highest BCUT2D eigenvalue weighted by Gasteiger charge is 2.00. The maximum Gasteiger partial charge on any atom is 0.127 e. The van der Waals surface area contributed by atoms with Gasteiger partial charge in [-0.1, -0.05) is 16.8 Å². The SMILES string of the molecule is COc1ccc(Cl)cc1/C=N/O. The molecule has 1 aromatic carbocycles. The number of rotatable bonds is 2. The fraction of sp³-hybridized carbons (Fsp3) is 0.125. The van der Waals surface area contributed by atoms with Crippen LogP contribution in [0.3, 0.4) is 0 Å². The third kappa shape index (κ3) is 1.89. The zero-order valence-electron chi connectivity index (χ0n) is 6.49. The van der Waals surface area contributed by atoms with E-state index in [4.69, 9.17) is 21.5 Å². The van der Waals surface area contributed by atoms with E-state index in [0.717, 1.165) is 0 Å². The van der Waals surface area contributed by atoms with Gasteiger partial charge in [-0.2, -0.15) is 0 Å². The molecule has 0 saturated carbocycles. The fourth-order valence-corrected chi connectivity index (χ4v) is 1.05. The van der Waals surface area contributed by atoms with Gasteiger partial charge in [0, 0.05) is 10.6 Å². The van der Waals surface area contributed by atoms with Gasteiger partial charge in [0.1, 0.15) is 5.75 Å². The van der Waals surface area contributed by atoms with E-state index in [1.54, 1.807) is 18.2 Å². The highest BCUT2D eigenvalue weighted by molar-refractivity contribution is 6.30. The fourth-order valence-electron chi connectivity index (χ4n) is 0.868. The van der Waals surface area contributed by atoms with Gasteiger partial charge in [-0.3, -0.25) is 0 Å². The second kappa shape index (κ2) is 3.97. The molecule has 0 aliphatic rings. The second-order valence-corrected chi connectivity index (χ2v) is 2.57. The zero-order chi connectivity index (χ0) is 8.97. The largest absolute Gasteiger partial charge is 0.496 e. The Morgan fingerprint density at radius 2 is 2.33 bits per heavy atom. The lowest BCUT2D eigenvalue weighted by Gasteiger charge is -2.02. The Balaban J connectivity index is 3.12. The summed E-state index contributed by atoms with van der Waals surface area (Å²) in [5.41, 5.74) is 0.646. The summed E-state index contributed by atoms with van der Waals surface area (Å²) < 4.78 is 4.99. The third-order valence-electron chi connectivity index (χ3n) is 1.39. The summed E-state index contributed by atoms with van der Waals surface area (Å²) in [7, 11) is 1.54. The number of oxime groups is 1. The number of ether oxygens (including phenoxy) is 1. The molecule has 0 aliphatic carbocycles. The monoisotopic (exact) mass is 185 g/mol. The van der Waals surface area contributed by atoms with Gasteiger partial charge in [0.25, 0.3) is 0 Å². The van der Waals surface area contributed by atoms with E-state index in [9.17, 15) is 0 Å². The Bertz CT molecular complexity index is 299. The summed E-state index contributed by atoms with van der Waals surface area (Å²) >= 11 is 5.71. The van der Waals surface area contributed by atoms with Gasteiger partial charge in [0.05, 0.1) is 13.3 Å². The van der Waals surface area contributed by atoms with Crippen LogP contribution in [0, 0.1) is 0 Å². The summed E-state index contributed by atoms with van der Waals surface area (Å²) in [5.74, 6) is 0.622. The Labute approximate surface area is 75.2 Å². The van der Waals surface area contributed by atoms with E-state index in [1.165, 1.54) is 13.3 Å². The van der Waals surface area contributed by atoms with Crippen molar-refractivity contribution in [3.8, 4) is 5.75 Å². The number of hydrogen-bond acceptors (Lipinski definition) is 3.